The van der Waals surface area contributed by atoms with Gasteiger partial charge in [-0.15, -0.1) is 0 Å². The Hall–Kier alpha value is -0.870. The van der Waals surface area contributed by atoms with Crippen LogP contribution in [0.4, 0.5) is 0 Å². The van der Waals surface area contributed by atoms with Crippen molar-refractivity contribution in [2.24, 2.45) is 5.92 Å². The van der Waals surface area contributed by atoms with E-state index in [1.54, 1.807) is 12.4 Å². The Bertz CT molecular complexity index is 242. The summed E-state index contributed by atoms with van der Waals surface area (Å²) in [5.74, 6) is 0.228. The molecule has 13 heavy (non-hydrogen) atoms. The molecule has 4 heteroatoms. The van der Waals surface area contributed by atoms with Crippen LogP contribution in [0.3, 0.4) is 0 Å². The van der Waals surface area contributed by atoms with E-state index in [0.717, 1.165) is 25.0 Å². The molecule has 1 aliphatic heterocycles. The number of H-pyrrole nitrogens is 1. The van der Waals surface area contributed by atoms with Gasteiger partial charge in [0.15, 0.2) is 0 Å². The van der Waals surface area contributed by atoms with Gasteiger partial charge in [0, 0.05) is 24.3 Å². The Labute approximate surface area is 76.9 Å². The second-order valence-corrected chi connectivity index (χ2v) is 3.45. The molecule has 1 aromatic rings. The summed E-state index contributed by atoms with van der Waals surface area (Å²) in [6.45, 7) is 1.49. The molecular weight excluding hydrogens is 168 g/mol. The van der Waals surface area contributed by atoms with Crippen LogP contribution in [0, 0.1) is 5.92 Å². The first-order valence-corrected chi connectivity index (χ1v) is 4.62. The smallest absolute Gasteiger partial charge is 0.0870 e. The number of aliphatic hydroxyl groups is 1. The summed E-state index contributed by atoms with van der Waals surface area (Å²) in [5.41, 5.74) is 0.857. The van der Waals surface area contributed by atoms with E-state index in [0.29, 0.717) is 6.61 Å². The maximum absolute atomic E-state index is 9.89. The first-order chi connectivity index (χ1) is 6.38. The molecule has 0 spiro atoms. The molecule has 2 heterocycles. The number of aromatic nitrogens is 2. The average molecular weight is 182 g/mol. The van der Waals surface area contributed by atoms with Crippen molar-refractivity contribution in [3.8, 4) is 0 Å². The third kappa shape index (κ3) is 1.89. The fourth-order valence-corrected chi connectivity index (χ4v) is 1.71. The van der Waals surface area contributed by atoms with Crippen LogP contribution in [0.15, 0.2) is 12.4 Å². The monoisotopic (exact) mass is 182 g/mol. The Kier molecular flexibility index (Phi) is 2.61. The lowest BCUT2D eigenvalue weighted by Gasteiger charge is -2.25. The average Bonchev–Trinajstić information content (AvgIpc) is 2.71. The molecule has 1 fully saturated rings. The zero-order chi connectivity index (χ0) is 9.10. The van der Waals surface area contributed by atoms with Gasteiger partial charge in [0.1, 0.15) is 0 Å². The van der Waals surface area contributed by atoms with E-state index in [1.807, 2.05) is 0 Å². The molecule has 0 radical (unpaired) electrons. The summed E-state index contributed by atoms with van der Waals surface area (Å²) >= 11 is 0. The molecule has 2 unspecified atom stereocenters. The minimum absolute atomic E-state index is 0.228. The summed E-state index contributed by atoms with van der Waals surface area (Å²) < 4.78 is 5.31. The lowest BCUT2D eigenvalue weighted by molar-refractivity contribution is -0.00995. The molecule has 0 aromatic carbocycles. The normalized spacial score (nSPS) is 25.8. The Morgan fingerprint density at radius 2 is 2.62 bits per heavy atom. The highest BCUT2D eigenvalue weighted by Gasteiger charge is 2.23. The predicted octanol–water partition coefficient (Wildman–Crippen LogP) is 0.870. The van der Waals surface area contributed by atoms with Gasteiger partial charge in [-0.1, -0.05) is 0 Å². The van der Waals surface area contributed by atoms with Gasteiger partial charge in [-0.25, -0.2) is 0 Å². The van der Waals surface area contributed by atoms with Gasteiger partial charge in [0.25, 0.3) is 0 Å². The quantitative estimate of drug-likeness (QED) is 0.713. The van der Waals surface area contributed by atoms with Gasteiger partial charge in [-0.05, 0) is 12.8 Å². The van der Waals surface area contributed by atoms with Crippen molar-refractivity contribution in [1.82, 2.24) is 10.2 Å². The number of nitrogens with one attached hydrogen (secondary N) is 1. The standard InChI is InChI=1S/C9H14N2O2/c12-9(8-4-10-11-5-8)7-2-1-3-13-6-7/h4-5,7,9,12H,1-3,6H2,(H,10,11). The van der Waals surface area contributed by atoms with Gasteiger partial charge in [0.2, 0.25) is 0 Å². The molecule has 0 saturated carbocycles. The van der Waals surface area contributed by atoms with E-state index in [9.17, 15) is 5.11 Å². The van der Waals surface area contributed by atoms with E-state index >= 15 is 0 Å². The van der Waals surface area contributed by atoms with Crippen LogP contribution >= 0.6 is 0 Å². The van der Waals surface area contributed by atoms with Gasteiger partial charge in [-0.3, -0.25) is 5.10 Å². The fourth-order valence-electron chi connectivity index (χ4n) is 1.71. The van der Waals surface area contributed by atoms with Crippen LogP contribution < -0.4 is 0 Å². The molecule has 72 valence electrons. The van der Waals surface area contributed by atoms with Gasteiger partial charge >= 0.3 is 0 Å². The number of ether oxygens (including phenoxy) is 1. The maximum Gasteiger partial charge on any atom is 0.0870 e. The van der Waals surface area contributed by atoms with E-state index in [-0.39, 0.29) is 5.92 Å². The molecule has 1 aromatic heterocycles. The zero-order valence-corrected chi connectivity index (χ0v) is 7.44. The lowest BCUT2D eigenvalue weighted by Crippen LogP contribution is -2.23. The molecule has 0 bridgehead atoms. The summed E-state index contributed by atoms with van der Waals surface area (Å²) in [7, 11) is 0. The van der Waals surface area contributed by atoms with Crippen molar-refractivity contribution in [2.75, 3.05) is 13.2 Å². The molecule has 2 rings (SSSR count). The van der Waals surface area contributed by atoms with Crippen molar-refractivity contribution in [3.05, 3.63) is 18.0 Å². The van der Waals surface area contributed by atoms with Crippen molar-refractivity contribution in [1.29, 1.82) is 0 Å². The fraction of sp³-hybridized carbons (Fsp3) is 0.667. The molecular formula is C9H14N2O2. The van der Waals surface area contributed by atoms with Crippen molar-refractivity contribution >= 4 is 0 Å². The van der Waals surface area contributed by atoms with Crippen LogP contribution in [-0.4, -0.2) is 28.5 Å². The highest BCUT2D eigenvalue weighted by atomic mass is 16.5. The summed E-state index contributed by atoms with van der Waals surface area (Å²) in [4.78, 5) is 0. The first kappa shape index (κ1) is 8.72. The summed E-state index contributed by atoms with van der Waals surface area (Å²) in [5, 5.41) is 16.4. The Morgan fingerprint density at radius 3 is 3.23 bits per heavy atom. The van der Waals surface area contributed by atoms with E-state index < -0.39 is 6.10 Å². The number of aliphatic hydroxyl groups excluding tert-OH is 1. The first-order valence-electron chi connectivity index (χ1n) is 4.62. The zero-order valence-electron chi connectivity index (χ0n) is 7.44. The second-order valence-electron chi connectivity index (χ2n) is 3.45. The molecule has 1 saturated heterocycles. The van der Waals surface area contributed by atoms with Crippen LogP contribution in [0.25, 0.3) is 0 Å². The molecule has 1 aliphatic rings. The van der Waals surface area contributed by atoms with E-state index in [4.69, 9.17) is 4.74 Å². The minimum atomic E-state index is -0.431. The summed E-state index contributed by atoms with van der Waals surface area (Å²) in [6, 6.07) is 0. The van der Waals surface area contributed by atoms with Crippen LogP contribution in [-0.2, 0) is 4.74 Å². The minimum Gasteiger partial charge on any atom is -0.388 e. The summed E-state index contributed by atoms with van der Waals surface area (Å²) in [6.07, 6.45) is 5.05. The Balaban J connectivity index is 1.99. The van der Waals surface area contributed by atoms with E-state index in [1.165, 1.54) is 0 Å². The topological polar surface area (TPSA) is 58.1 Å². The molecule has 2 atom stereocenters. The molecule has 2 N–H and O–H groups in total. The van der Waals surface area contributed by atoms with E-state index in [2.05, 4.69) is 10.2 Å². The Morgan fingerprint density at radius 1 is 1.69 bits per heavy atom. The van der Waals surface area contributed by atoms with Crippen molar-refractivity contribution in [2.45, 2.75) is 18.9 Å². The number of rotatable bonds is 2. The number of nitrogens with zero attached hydrogens (tertiary/aromatic N) is 1. The molecule has 4 nitrogen and oxygen atoms in total. The SMILES string of the molecule is OC(c1cn[nH]c1)C1CCCOC1. The molecule has 0 amide bonds. The lowest BCUT2D eigenvalue weighted by atomic mass is 9.93. The number of hydrogen-bond donors (Lipinski definition) is 2. The maximum atomic E-state index is 9.89. The third-order valence-electron chi connectivity index (χ3n) is 2.50. The van der Waals surface area contributed by atoms with Gasteiger partial charge in [-0.2, -0.15) is 5.10 Å². The number of aromatic amines is 1. The van der Waals surface area contributed by atoms with Crippen LogP contribution in [0.1, 0.15) is 24.5 Å². The van der Waals surface area contributed by atoms with Crippen molar-refractivity contribution < 1.29 is 9.84 Å². The van der Waals surface area contributed by atoms with Crippen LogP contribution in [0.2, 0.25) is 0 Å². The van der Waals surface area contributed by atoms with Crippen LogP contribution in [0.5, 0.6) is 0 Å². The molecule has 0 aliphatic carbocycles. The predicted molar refractivity (Wildman–Crippen MR) is 47.1 cm³/mol. The number of hydrogen-bond acceptors (Lipinski definition) is 3. The highest BCUT2D eigenvalue weighted by Crippen LogP contribution is 2.27. The highest BCUT2D eigenvalue weighted by molar-refractivity contribution is 5.08. The van der Waals surface area contributed by atoms with Gasteiger partial charge in [0.05, 0.1) is 18.9 Å². The largest absolute Gasteiger partial charge is 0.388 e. The van der Waals surface area contributed by atoms with Gasteiger partial charge < -0.3 is 9.84 Å². The second kappa shape index (κ2) is 3.89. The van der Waals surface area contributed by atoms with Crippen molar-refractivity contribution in [3.63, 3.8) is 0 Å². The third-order valence-corrected chi connectivity index (χ3v) is 2.50.